The predicted molar refractivity (Wildman–Crippen MR) is 77.0 cm³/mol. The highest BCUT2D eigenvalue weighted by molar-refractivity contribution is 7.12. The molecule has 2 nitrogen and oxygen atoms in total. The summed E-state index contributed by atoms with van der Waals surface area (Å²) in [5.41, 5.74) is 0.0150. The van der Waals surface area contributed by atoms with Gasteiger partial charge in [-0.15, -0.1) is 11.3 Å². The first-order valence-electron chi connectivity index (χ1n) is 6.91. The van der Waals surface area contributed by atoms with Gasteiger partial charge in [0.15, 0.2) is 0 Å². The molecule has 2 rings (SSSR count). The third kappa shape index (κ3) is 3.14. The Kier molecular flexibility index (Phi) is 4.10. The van der Waals surface area contributed by atoms with E-state index in [0.29, 0.717) is 12.3 Å². The van der Waals surface area contributed by atoms with E-state index in [9.17, 15) is 4.79 Å². The van der Waals surface area contributed by atoms with Crippen LogP contribution in [0, 0.1) is 5.92 Å². The molecule has 2 heterocycles. The minimum absolute atomic E-state index is 0.0150. The molecule has 1 fully saturated rings. The summed E-state index contributed by atoms with van der Waals surface area (Å²) in [5.74, 6) is 0.844. The van der Waals surface area contributed by atoms with Gasteiger partial charge in [-0.25, -0.2) is 0 Å². The summed E-state index contributed by atoms with van der Waals surface area (Å²) < 4.78 is 0. The van der Waals surface area contributed by atoms with Crippen LogP contribution in [0.25, 0.3) is 0 Å². The second-order valence-corrected chi connectivity index (χ2v) is 7.08. The molecule has 18 heavy (non-hydrogen) atoms. The van der Waals surface area contributed by atoms with E-state index in [-0.39, 0.29) is 11.4 Å². The fraction of sp³-hybridized carbons (Fsp3) is 0.667. The van der Waals surface area contributed by atoms with Gasteiger partial charge >= 0.3 is 0 Å². The van der Waals surface area contributed by atoms with Crippen LogP contribution in [0.1, 0.15) is 49.8 Å². The number of hydrogen-bond acceptors (Lipinski definition) is 2. The van der Waals surface area contributed by atoms with E-state index >= 15 is 0 Å². The van der Waals surface area contributed by atoms with E-state index in [1.807, 2.05) is 11.3 Å². The maximum absolute atomic E-state index is 11.6. The Morgan fingerprint density at radius 3 is 2.61 bits per heavy atom. The summed E-state index contributed by atoms with van der Waals surface area (Å²) in [6, 6.07) is 4.45. The first kappa shape index (κ1) is 13.6. The lowest BCUT2D eigenvalue weighted by molar-refractivity contribution is -0.119. The summed E-state index contributed by atoms with van der Waals surface area (Å²) >= 11 is 1.90. The lowest BCUT2D eigenvalue weighted by Crippen LogP contribution is -2.44. The second-order valence-electron chi connectivity index (χ2n) is 5.82. The minimum atomic E-state index is 0.0150. The molecule has 1 amide bonds. The Bertz CT molecular complexity index is 424. The van der Waals surface area contributed by atoms with E-state index in [0.717, 1.165) is 25.7 Å². The average Bonchev–Trinajstić information content (AvgIpc) is 2.86. The van der Waals surface area contributed by atoms with Crippen LogP contribution in [0.3, 0.4) is 0 Å². The summed E-state index contributed by atoms with van der Waals surface area (Å²) in [7, 11) is 0. The highest BCUT2D eigenvalue weighted by Crippen LogP contribution is 2.33. The van der Waals surface area contributed by atoms with Crippen molar-refractivity contribution in [3.63, 3.8) is 0 Å². The molecule has 1 atom stereocenters. The van der Waals surface area contributed by atoms with E-state index in [4.69, 9.17) is 0 Å². The van der Waals surface area contributed by atoms with Gasteiger partial charge in [0.25, 0.3) is 0 Å². The third-order valence-corrected chi connectivity index (χ3v) is 4.84. The second kappa shape index (κ2) is 5.43. The van der Waals surface area contributed by atoms with Crippen molar-refractivity contribution in [1.82, 2.24) is 5.32 Å². The topological polar surface area (TPSA) is 29.1 Å². The van der Waals surface area contributed by atoms with Crippen LogP contribution in [0.5, 0.6) is 0 Å². The molecule has 0 radical (unpaired) electrons. The molecule has 1 aromatic rings. The molecule has 1 aliphatic rings. The Labute approximate surface area is 114 Å². The number of hydrogen-bond donors (Lipinski definition) is 1. The van der Waals surface area contributed by atoms with Gasteiger partial charge in [-0.1, -0.05) is 20.8 Å². The Hall–Kier alpha value is -0.830. The average molecular weight is 265 g/mol. The summed E-state index contributed by atoms with van der Waals surface area (Å²) in [4.78, 5) is 14.4. The normalized spacial score (nSPS) is 23.7. The van der Waals surface area contributed by atoms with Crippen LogP contribution in [-0.4, -0.2) is 11.4 Å². The molecule has 1 saturated heterocycles. The number of nitrogens with one attached hydrogen (secondary N) is 1. The molecule has 100 valence electrons. The fourth-order valence-electron chi connectivity index (χ4n) is 2.95. The number of rotatable bonds is 5. The largest absolute Gasteiger partial charge is 0.350 e. The van der Waals surface area contributed by atoms with Crippen LogP contribution >= 0.6 is 11.3 Å². The van der Waals surface area contributed by atoms with Crippen LogP contribution in [0.4, 0.5) is 0 Å². The van der Waals surface area contributed by atoms with Gasteiger partial charge in [0, 0.05) is 28.1 Å². The van der Waals surface area contributed by atoms with Gasteiger partial charge in [0.05, 0.1) is 0 Å². The maximum atomic E-state index is 11.6. The Balaban J connectivity index is 2.12. The Morgan fingerprint density at radius 1 is 1.39 bits per heavy atom. The van der Waals surface area contributed by atoms with Gasteiger partial charge < -0.3 is 5.32 Å². The third-order valence-electron chi connectivity index (χ3n) is 3.61. The van der Waals surface area contributed by atoms with Crippen molar-refractivity contribution < 1.29 is 4.79 Å². The number of carbonyl (C=O) groups is 1. The number of amides is 1. The molecule has 0 bridgehead atoms. The fourth-order valence-corrected chi connectivity index (χ4v) is 4.06. The van der Waals surface area contributed by atoms with E-state index in [2.05, 4.69) is 38.2 Å². The Morgan fingerprint density at radius 2 is 2.11 bits per heavy atom. The van der Waals surface area contributed by atoms with E-state index < -0.39 is 0 Å². The van der Waals surface area contributed by atoms with Gasteiger partial charge in [-0.2, -0.15) is 0 Å². The van der Waals surface area contributed by atoms with Crippen molar-refractivity contribution in [2.75, 3.05) is 0 Å². The number of aryl methyl sites for hydroxylation is 1. The zero-order chi connectivity index (χ0) is 13.2. The highest BCUT2D eigenvalue weighted by atomic mass is 32.1. The van der Waals surface area contributed by atoms with Crippen LogP contribution in [0.2, 0.25) is 0 Å². The molecule has 1 aromatic heterocycles. The summed E-state index contributed by atoms with van der Waals surface area (Å²) in [6.45, 7) is 6.66. The highest BCUT2D eigenvalue weighted by Gasteiger charge is 2.38. The SMILES string of the molecule is CCc1ccc(CC2(CC(C)C)CCC(=O)N2)s1. The first-order chi connectivity index (χ1) is 8.53. The molecule has 1 aliphatic heterocycles. The molecule has 0 aliphatic carbocycles. The number of thiophene rings is 1. The molecule has 3 heteroatoms. The zero-order valence-electron chi connectivity index (χ0n) is 11.6. The standard InChI is InChI=1S/C15H23NOS/c1-4-12-5-6-13(18-12)10-15(9-11(2)3)8-7-14(17)16-15/h5-6,11H,4,7-10H2,1-3H3,(H,16,17). The van der Waals surface area contributed by atoms with Crippen LogP contribution < -0.4 is 5.32 Å². The predicted octanol–water partition coefficient (Wildman–Crippen LogP) is 3.55. The molecule has 0 aromatic carbocycles. The molecule has 1 N–H and O–H groups in total. The summed E-state index contributed by atoms with van der Waals surface area (Å²) in [6.07, 6.45) is 4.87. The summed E-state index contributed by atoms with van der Waals surface area (Å²) in [5, 5.41) is 3.24. The van der Waals surface area contributed by atoms with Gasteiger partial charge in [0.2, 0.25) is 5.91 Å². The van der Waals surface area contributed by atoms with E-state index in [1.54, 1.807) is 0 Å². The van der Waals surface area contributed by atoms with Crippen LogP contribution in [0.15, 0.2) is 12.1 Å². The van der Waals surface area contributed by atoms with Crippen molar-refractivity contribution in [3.8, 4) is 0 Å². The lowest BCUT2D eigenvalue weighted by Gasteiger charge is -2.30. The maximum Gasteiger partial charge on any atom is 0.220 e. The molecule has 1 unspecified atom stereocenters. The van der Waals surface area contributed by atoms with Crippen molar-refractivity contribution in [2.45, 2.75) is 58.4 Å². The zero-order valence-corrected chi connectivity index (χ0v) is 12.4. The molecular weight excluding hydrogens is 242 g/mol. The van der Waals surface area contributed by atoms with Crippen molar-refractivity contribution >= 4 is 17.2 Å². The molecular formula is C15H23NOS. The smallest absolute Gasteiger partial charge is 0.220 e. The lowest BCUT2D eigenvalue weighted by atomic mass is 9.84. The van der Waals surface area contributed by atoms with Gasteiger partial charge in [-0.05, 0) is 37.3 Å². The first-order valence-corrected chi connectivity index (χ1v) is 7.73. The molecule has 0 saturated carbocycles. The van der Waals surface area contributed by atoms with Crippen molar-refractivity contribution in [1.29, 1.82) is 0 Å². The van der Waals surface area contributed by atoms with E-state index in [1.165, 1.54) is 9.75 Å². The minimum Gasteiger partial charge on any atom is -0.350 e. The van der Waals surface area contributed by atoms with Crippen molar-refractivity contribution in [3.05, 3.63) is 21.9 Å². The van der Waals surface area contributed by atoms with Gasteiger partial charge in [-0.3, -0.25) is 4.79 Å². The van der Waals surface area contributed by atoms with Crippen LogP contribution in [-0.2, 0) is 17.6 Å². The molecule has 0 spiro atoms. The number of carbonyl (C=O) groups excluding carboxylic acids is 1. The van der Waals surface area contributed by atoms with Gasteiger partial charge in [0.1, 0.15) is 0 Å². The quantitative estimate of drug-likeness (QED) is 0.866. The monoisotopic (exact) mass is 265 g/mol. The van der Waals surface area contributed by atoms with Crippen molar-refractivity contribution in [2.24, 2.45) is 5.92 Å².